The number of hydrazine groups is 1. The molecular weight excluding hydrogens is 202 g/mol. The minimum atomic E-state index is 0.727. The summed E-state index contributed by atoms with van der Waals surface area (Å²) in [4.78, 5) is 0. The molecule has 1 aromatic carbocycles. The van der Waals surface area contributed by atoms with Gasteiger partial charge in [-0.25, -0.2) is 5.01 Å². The molecule has 0 saturated carbocycles. The minimum Gasteiger partial charge on any atom is -0.497 e. The van der Waals surface area contributed by atoms with Crippen molar-refractivity contribution in [1.29, 1.82) is 0 Å². The van der Waals surface area contributed by atoms with Gasteiger partial charge in [0.1, 0.15) is 5.75 Å². The predicted octanol–water partition coefficient (Wildman–Crippen LogP) is 2.09. The van der Waals surface area contributed by atoms with Crippen LogP contribution in [0.4, 0.5) is 11.4 Å². The number of nitrogens with zero attached hydrogens (tertiary/aromatic N) is 1. The third-order valence-electron chi connectivity index (χ3n) is 2.89. The van der Waals surface area contributed by atoms with E-state index in [1.165, 1.54) is 19.3 Å². The lowest BCUT2D eigenvalue weighted by atomic mass is 10.2. The molecule has 0 amide bonds. The zero-order valence-electron chi connectivity index (χ0n) is 9.70. The molecule has 0 radical (unpaired) electrons. The number of rotatable bonds is 3. The van der Waals surface area contributed by atoms with Crippen LogP contribution in [0.3, 0.4) is 0 Å². The van der Waals surface area contributed by atoms with Gasteiger partial charge in [-0.15, -0.1) is 0 Å². The number of anilines is 2. The van der Waals surface area contributed by atoms with Crippen LogP contribution in [0.1, 0.15) is 19.3 Å². The van der Waals surface area contributed by atoms with Crippen LogP contribution in [-0.2, 0) is 0 Å². The van der Waals surface area contributed by atoms with Gasteiger partial charge in [0.25, 0.3) is 0 Å². The van der Waals surface area contributed by atoms with Crippen molar-refractivity contribution in [2.24, 2.45) is 0 Å². The molecule has 0 unspecified atom stereocenters. The molecule has 1 aromatic rings. The number of nitrogens with one attached hydrogen (secondary N) is 1. The standard InChI is InChI=1S/C12H19N3O/c1-16-10-5-6-12(11(13)9-10)14-15-7-3-2-4-8-15/h5-6,9,14H,2-4,7-8,13H2,1H3. The van der Waals surface area contributed by atoms with E-state index in [0.29, 0.717) is 0 Å². The second-order valence-electron chi connectivity index (χ2n) is 4.11. The molecule has 1 saturated heterocycles. The summed E-state index contributed by atoms with van der Waals surface area (Å²) in [5.41, 5.74) is 11.0. The maximum Gasteiger partial charge on any atom is 0.121 e. The fourth-order valence-corrected chi connectivity index (χ4v) is 1.95. The molecule has 0 aliphatic carbocycles. The number of piperidine rings is 1. The molecule has 0 aromatic heterocycles. The Labute approximate surface area is 96.3 Å². The van der Waals surface area contributed by atoms with Crippen LogP contribution in [-0.4, -0.2) is 25.2 Å². The van der Waals surface area contributed by atoms with Gasteiger partial charge < -0.3 is 15.9 Å². The maximum absolute atomic E-state index is 5.94. The number of nitrogen functional groups attached to an aromatic ring is 1. The third kappa shape index (κ3) is 2.58. The number of ether oxygens (including phenoxy) is 1. The van der Waals surface area contributed by atoms with Crippen LogP contribution in [0.5, 0.6) is 5.75 Å². The van der Waals surface area contributed by atoms with Crippen molar-refractivity contribution in [3.05, 3.63) is 18.2 Å². The van der Waals surface area contributed by atoms with Crippen LogP contribution in [0, 0.1) is 0 Å². The van der Waals surface area contributed by atoms with E-state index in [2.05, 4.69) is 10.4 Å². The smallest absolute Gasteiger partial charge is 0.121 e. The highest BCUT2D eigenvalue weighted by atomic mass is 16.5. The largest absolute Gasteiger partial charge is 0.497 e. The van der Waals surface area contributed by atoms with E-state index < -0.39 is 0 Å². The Morgan fingerprint density at radius 2 is 2.00 bits per heavy atom. The van der Waals surface area contributed by atoms with Gasteiger partial charge in [-0.2, -0.15) is 0 Å². The lowest BCUT2D eigenvalue weighted by Gasteiger charge is -2.28. The molecule has 0 spiro atoms. The highest BCUT2D eigenvalue weighted by molar-refractivity contribution is 5.67. The normalized spacial score (nSPS) is 17.1. The zero-order valence-corrected chi connectivity index (χ0v) is 9.70. The third-order valence-corrected chi connectivity index (χ3v) is 2.89. The van der Waals surface area contributed by atoms with Crippen LogP contribution < -0.4 is 15.9 Å². The molecule has 1 aliphatic rings. The summed E-state index contributed by atoms with van der Waals surface area (Å²) in [6.07, 6.45) is 3.84. The molecule has 0 bridgehead atoms. The van der Waals surface area contributed by atoms with E-state index >= 15 is 0 Å². The predicted molar refractivity (Wildman–Crippen MR) is 66.5 cm³/mol. The van der Waals surface area contributed by atoms with Gasteiger partial charge in [-0.3, -0.25) is 0 Å². The van der Waals surface area contributed by atoms with E-state index in [1.807, 2.05) is 18.2 Å². The first-order valence-corrected chi connectivity index (χ1v) is 5.75. The Morgan fingerprint density at radius 1 is 1.25 bits per heavy atom. The lowest BCUT2D eigenvalue weighted by molar-refractivity contribution is 0.273. The van der Waals surface area contributed by atoms with E-state index in [9.17, 15) is 0 Å². The monoisotopic (exact) mass is 221 g/mol. The Kier molecular flexibility index (Phi) is 3.51. The molecule has 0 atom stereocenters. The molecule has 4 heteroatoms. The Balaban J connectivity index is 2.03. The van der Waals surface area contributed by atoms with E-state index in [-0.39, 0.29) is 0 Å². The average molecular weight is 221 g/mol. The first-order chi connectivity index (χ1) is 7.79. The van der Waals surface area contributed by atoms with Gasteiger partial charge in [0.05, 0.1) is 18.5 Å². The summed E-state index contributed by atoms with van der Waals surface area (Å²) >= 11 is 0. The zero-order chi connectivity index (χ0) is 11.4. The summed E-state index contributed by atoms with van der Waals surface area (Å²) in [5, 5.41) is 2.22. The molecule has 3 N–H and O–H groups in total. The van der Waals surface area contributed by atoms with Gasteiger partial charge in [0, 0.05) is 19.2 Å². The molecule has 1 fully saturated rings. The molecule has 1 heterocycles. The number of benzene rings is 1. The van der Waals surface area contributed by atoms with Gasteiger partial charge in [-0.05, 0) is 25.0 Å². The van der Waals surface area contributed by atoms with E-state index in [0.717, 1.165) is 30.2 Å². The number of hydrogen-bond donors (Lipinski definition) is 2. The quantitative estimate of drug-likeness (QED) is 0.767. The Morgan fingerprint density at radius 3 is 2.62 bits per heavy atom. The minimum absolute atomic E-state index is 0.727. The molecule has 16 heavy (non-hydrogen) atoms. The number of hydrogen-bond acceptors (Lipinski definition) is 4. The first kappa shape index (κ1) is 11.1. The second kappa shape index (κ2) is 5.07. The van der Waals surface area contributed by atoms with Crippen LogP contribution >= 0.6 is 0 Å². The summed E-state index contributed by atoms with van der Waals surface area (Å²) in [7, 11) is 1.65. The van der Waals surface area contributed by atoms with Crippen molar-refractivity contribution in [3.8, 4) is 5.75 Å². The fraction of sp³-hybridized carbons (Fsp3) is 0.500. The van der Waals surface area contributed by atoms with Gasteiger partial charge >= 0.3 is 0 Å². The summed E-state index contributed by atoms with van der Waals surface area (Å²) in [6.45, 7) is 2.18. The Hall–Kier alpha value is -1.42. The van der Waals surface area contributed by atoms with Gasteiger partial charge in [-0.1, -0.05) is 6.42 Å². The van der Waals surface area contributed by atoms with Crippen molar-refractivity contribution >= 4 is 11.4 Å². The van der Waals surface area contributed by atoms with Crippen molar-refractivity contribution < 1.29 is 4.74 Å². The molecule has 88 valence electrons. The SMILES string of the molecule is COc1ccc(NN2CCCCC2)c(N)c1. The second-order valence-corrected chi connectivity index (χ2v) is 4.11. The highest BCUT2D eigenvalue weighted by Gasteiger charge is 2.11. The molecule has 4 nitrogen and oxygen atoms in total. The van der Waals surface area contributed by atoms with Crippen molar-refractivity contribution in [2.75, 3.05) is 31.4 Å². The highest BCUT2D eigenvalue weighted by Crippen LogP contribution is 2.25. The van der Waals surface area contributed by atoms with Crippen LogP contribution in [0.25, 0.3) is 0 Å². The van der Waals surface area contributed by atoms with E-state index in [1.54, 1.807) is 7.11 Å². The van der Waals surface area contributed by atoms with Crippen molar-refractivity contribution in [2.45, 2.75) is 19.3 Å². The van der Waals surface area contributed by atoms with Gasteiger partial charge in [0.2, 0.25) is 0 Å². The summed E-state index contributed by atoms with van der Waals surface area (Å²) in [6, 6.07) is 5.72. The lowest BCUT2D eigenvalue weighted by Crippen LogP contribution is -2.35. The van der Waals surface area contributed by atoms with Crippen molar-refractivity contribution in [3.63, 3.8) is 0 Å². The number of nitrogens with two attached hydrogens (primary N) is 1. The number of methoxy groups -OCH3 is 1. The maximum atomic E-state index is 5.94. The average Bonchev–Trinajstić information content (AvgIpc) is 2.33. The van der Waals surface area contributed by atoms with Gasteiger partial charge in [0.15, 0.2) is 0 Å². The summed E-state index contributed by atoms with van der Waals surface area (Å²) in [5.74, 6) is 0.793. The fourth-order valence-electron chi connectivity index (χ4n) is 1.95. The van der Waals surface area contributed by atoms with Crippen molar-refractivity contribution in [1.82, 2.24) is 5.01 Å². The van der Waals surface area contributed by atoms with Crippen LogP contribution in [0.2, 0.25) is 0 Å². The molecular formula is C12H19N3O. The molecule has 1 aliphatic heterocycles. The Bertz CT molecular complexity index is 348. The van der Waals surface area contributed by atoms with Crippen LogP contribution in [0.15, 0.2) is 18.2 Å². The summed E-state index contributed by atoms with van der Waals surface area (Å²) < 4.78 is 5.12. The molecule has 2 rings (SSSR count). The first-order valence-electron chi connectivity index (χ1n) is 5.75. The van der Waals surface area contributed by atoms with E-state index in [4.69, 9.17) is 10.5 Å². The topological polar surface area (TPSA) is 50.5 Å².